The molecule has 9 aromatic carbocycles. The Kier molecular flexibility index (Phi) is 24.7. The summed E-state index contributed by atoms with van der Waals surface area (Å²) >= 11 is 1.69. The molecule has 2 saturated heterocycles. The third kappa shape index (κ3) is 18.7. The molecule has 10 atom stereocenters. The van der Waals surface area contributed by atoms with Crippen molar-refractivity contribution < 1.29 is 56.8 Å². The van der Waals surface area contributed by atoms with Gasteiger partial charge < -0.3 is 56.8 Å². The molecule has 524 valence electrons. The molecule has 0 aromatic heterocycles. The maximum Gasteiger partial charge on any atom is 0.186 e. The van der Waals surface area contributed by atoms with Crippen LogP contribution < -0.4 is 4.74 Å². The molecular formula is C87H98O12S. The van der Waals surface area contributed by atoms with E-state index < -0.39 is 66.0 Å². The van der Waals surface area contributed by atoms with Crippen molar-refractivity contribution in [1.82, 2.24) is 0 Å². The second-order valence-corrected chi connectivity index (χ2v) is 30.1. The first-order valence-electron chi connectivity index (χ1n) is 35.2. The van der Waals surface area contributed by atoms with E-state index in [1.165, 1.54) is 5.56 Å². The van der Waals surface area contributed by atoms with Crippen LogP contribution in [0.5, 0.6) is 11.5 Å². The van der Waals surface area contributed by atoms with Crippen LogP contribution in [0.25, 0.3) is 0 Å². The van der Waals surface area contributed by atoms with Gasteiger partial charge in [-0.15, -0.1) is 11.8 Å². The minimum absolute atomic E-state index is 0.140. The van der Waals surface area contributed by atoms with Gasteiger partial charge in [0.2, 0.25) is 0 Å². The second kappa shape index (κ2) is 34.1. The first kappa shape index (κ1) is 72.5. The zero-order valence-corrected chi connectivity index (χ0v) is 60.2. The molecular weight excluding hydrogens is 1270 g/mol. The molecule has 13 heteroatoms. The van der Waals surface area contributed by atoms with Crippen LogP contribution in [0.3, 0.4) is 0 Å². The number of methoxy groups -OCH3 is 1. The first-order chi connectivity index (χ1) is 48.5. The SMILES string of the molecule is CO[C@H]1O[C@H](COCc2ccccc2)[C@@H](OCc2cc(C(C)(C)C)cc3c2Oc2c(CS[C@@H]4O[C@H](COCc5ccccc5)[C@@H](OCc5ccccc5)[C@H](OCc5ccccc5)[C@H]4OCc4ccccc4)cc(C(C)(C)C)cc2C3(C)C)[C@H](OCc2ccccc2)[C@H]1OCc1ccccc1. The van der Waals surface area contributed by atoms with Crippen LogP contribution >= 0.6 is 11.8 Å². The number of ether oxygens (including phenoxy) is 12. The van der Waals surface area contributed by atoms with Crippen molar-refractivity contribution >= 4 is 11.8 Å². The quantitative estimate of drug-likeness (QED) is 0.0426. The molecule has 0 unspecified atom stereocenters. The van der Waals surface area contributed by atoms with Crippen LogP contribution in [0.1, 0.15) is 128 Å². The Balaban J connectivity index is 0.915. The first-order valence-corrected chi connectivity index (χ1v) is 36.2. The van der Waals surface area contributed by atoms with Crippen molar-refractivity contribution in [1.29, 1.82) is 0 Å². The third-order valence-electron chi connectivity index (χ3n) is 19.1. The minimum atomic E-state index is -0.813. The number of benzene rings is 9. The fraction of sp³-hybridized carbons (Fsp3) is 0.379. The van der Waals surface area contributed by atoms with Crippen LogP contribution in [0.15, 0.2) is 237 Å². The summed E-state index contributed by atoms with van der Waals surface area (Å²) in [7, 11) is 1.65. The lowest BCUT2D eigenvalue weighted by molar-refractivity contribution is -0.323. The summed E-state index contributed by atoms with van der Waals surface area (Å²) < 4.78 is 84.7. The Morgan fingerprint density at radius 3 is 1.07 bits per heavy atom. The number of hydrogen-bond donors (Lipinski definition) is 0. The molecule has 0 bridgehead atoms. The monoisotopic (exact) mass is 1370 g/mol. The zero-order chi connectivity index (χ0) is 69.5. The van der Waals surface area contributed by atoms with Gasteiger partial charge in [-0.25, -0.2) is 0 Å². The Morgan fingerprint density at radius 1 is 0.360 bits per heavy atom. The van der Waals surface area contributed by atoms with Crippen LogP contribution in [-0.4, -0.2) is 80.9 Å². The number of hydrogen-bond acceptors (Lipinski definition) is 13. The van der Waals surface area contributed by atoms with Crippen molar-refractivity contribution in [3.8, 4) is 11.5 Å². The summed E-state index contributed by atoms with van der Waals surface area (Å²) in [6.45, 7) is 21.2. The fourth-order valence-corrected chi connectivity index (χ4v) is 14.5. The maximum atomic E-state index is 7.69. The van der Waals surface area contributed by atoms with E-state index in [-0.39, 0.29) is 30.7 Å². The Hall–Kier alpha value is -7.31. The molecule has 100 heavy (non-hydrogen) atoms. The predicted molar refractivity (Wildman–Crippen MR) is 394 cm³/mol. The third-order valence-corrected chi connectivity index (χ3v) is 20.3. The van der Waals surface area contributed by atoms with Gasteiger partial charge in [-0.2, -0.15) is 0 Å². The molecule has 3 aliphatic heterocycles. The Bertz CT molecular complexity index is 3950. The van der Waals surface area contributed by atoms with E-state index in [0.717, 1.165) is 78.3 Å². The second-order valence-electron chi connectivity index (χ2n) is 29.0. The van der Waals surface area contributed by atoms with Crippen molar-refractivity contribution in [2.45, 2.75) is 191 Å². The smallest absolute Gasteiger partial charge is 0.186 e. The van der Waals surface area contributed by atoms with E-state index >= 15 is 0 Å². The fourth-order valence-electron chi connectivity index (χ4n) is 13.3. The van der Waals surface area contributed by atoms with Crippen molar-refractivity contribution in [2.24, 2.45) is 0 Å². The van der Waals surface area contributed by atoms with Crippen LogP contribution in [-0.2, 0) is 127 Å². The normalized spacial score (nSPS) is 22.0. The molecule has 2 fully saturated rings. The van der Waals surface area contributed by atoms with Crippen LogP contribution in [0.2, 0.25) is 0 Å². The van der Waals surface area contributed by atoms with Gasteiger partial charge in [0, 0.05) is 40.5 Å². The molecule has 0 aliphatic carbocycles. The molecule has 0 amide bonds. The van der Waals surface area contributed by atoms with Crippen molar-refractivity contribution in [3.63, 3.8) is 0 Å². The molecule has 9 aromatic rings. The van der Waals surface area contributed by atoms with E-state index in [1.807, 2.05) is 127 Å². The summed E-state index contributed by atoms with van der Waals surface area (Å²) in [6, 6.07) is 80.9. The predicted octanol–water partition coefficient (Wildman–Crippen LogP) is 18.3. The van der Waals surface area contributed by atoms with Crippen LogP contribution in [0.4, 0.5) is 0 Å². The van der Waals surface area contributed by atoms with Gasteiger partial charge in [0.15, 0.2) is 6.29 Å². The van der Waals surface area contributed by atoms with Gasteiger partial charge in [-0.05, 0) is 67.0 Å². The van der Waals surface area contributed by atoms with Gasteiger partial charge in [-0.1, -0.05) is 286 Å². The van der Waals surface area contributed by atoms with E-state index in [2.05, 4.69) is 165 Å². The number of rotatable bonds is 30. The average molecular weight is 1370 g/mol. The van der Waals surface area contributed by atoms with Crippen LogP contribution in [0, 0.1) is 0 Å². The lowest BCUT2D eigenvalue weighted by atomic mass is 9.71. The Morgan fingerprint density at radius 2 is 0.680 bits per heavy atom. The summed E-state index contributed by atoms with van der Waals surface area (Å²) in [4.78, 5) is 0. The standard InChI is InChI=1S/C87H98O12S/c1-85(2,3)69-45-67(56-96-77-73(57-89-49-60-31-17-10-18-32-60)97-83(88-9)81(94-54-65-41-27-15-28-42-65)79(77)92-52-63-37-23-13-24-38-63)75-71(47-69)87(7,8)72-48-70(86(4,5)6)46-68(76(72)99-75)59-100-84-82(95-55-66-43-29-16-30-44-66)80(93-53-64-39-25-14-26-40-64)78(91-51-62-35-21-12-22-36-62)74(98-84)58-90-50-61-33-19-11-20-34-61/h10-48,73-74,77-84H,49-59H2,1-9H3/t73-,74-,77-,78-,79+,80+,81-,82-,83+,84+/m1/s1. The topological polar surface area (TPSA) is 111 Å². The molecule has 0 radical (unpaired) electrons. The molecule has 0 N–H and O–H groups in total. The molecule has 3 heterocycles. The summed E-state index contributed by atoms with van der Waals surface area (Å²) in [6.07, 6.45) is -5.91. The molecule has 0 saturated carbocycles. The van der Waals surface area contributed by atoms with Gasteiger partial charge in [0.05, 0.1) is 66.1 Å². The average Bonchev–Trinajstić information content (AvgIpc) is 0.723. The number of fused-ring (bicyclic) bond motifs is 2. The molecule has 3 aliphatic rings. The highest BCUT2D eigenvalue weighted by Gasteiger charge is 2.51. The highest BCUT2D eigenvalue weighted by Crippen LogP contribution is 2.54. The largest absolute Gasteiger partial charge is 0.456 e. The van der Waals surface area contributed by atoms with Crippen molar-refractivity contribution in [2.75, 3.05) is 20.3 Å². The summed E-state index contributed by atoms with van der Waals surface area (Å²) in [5.74, 6) is 2.05. The van der Waals surface area contributed by atoms with Gasteiger partial charge in [-0.3, -0.25) is 0 Å². The van der Waals surface area contributed by atoms with E-state index in [1.54, 1.807) is 18.9 Å². The van der Waals surface area contributed by atoms with Gasteiger partial charge >= 0.3 is 0 Å². The molecule has 0 spiro atoms. The highest BCUT2D eigenvalue weighted by atomic mass is 32.2. The van der Waals surface area contributed by atoms with Gasteiger partial charge in [0.1, 0.15) is 65.8 Å². The molecule has 12 rings (SSSR count). The highest BCUT2D eigenvalue weighted by molar-refractivity contribution is 7.99. The minimum Gasteiger partial charge on any atom is -0.456 e. The summed E-state index contributed by atoms with van der Waals surface area (Å²) in [5.41, 5.74) is 12.1. The number of thioether (sulfide) groups is 1. The Labute approximate surface area is 596 Å². The molecule has 12 nitrogen and oxygen atoms in total. The maximum absolute atomic E-state index is 7.69. The van der Waals surface area contributed by atoms with Gasteiger partial charge in [0.25, 0.3) is 0 Å². The van der Waals surface area contributed by atoms with E-state index in [0.29, 0.717) is 52.0 Å². The lowest BCUT2D eigenvalue weighted by Gasteiger charge is -2.46. The summed E-state index contributed by atoms with van der Waals surface area (Å²) in [5, 5.41) is 0. The zero-order valence-electron chi connectivity index (χ0n) is 59.4. The van der Waals surface area contributed by atoms with Crippen molar-refractivity contribution in [3.05, 3.63) is 309 Å². The van der Waals surface area contributed by atoms with E-state index in [9.17, 15) is 0 Å². The lowest BCUT2D eigenvalue weighted by Crippen LogP contribution is -2.61. The van der Waals surface area contributed by atoms with E-state index in [4.69, 9.17) is 56.8 Å².